The molecule has 0 saturated heterocycles. The lowest BCUT2D eigenvalue weighted by atomic mass is 10.1. The third kappa shape index (κ3) is 3.38. The molecule has 0 amide bonds. The van der Waals surface area contributed by atoms with Crippen LogP contribution in [0.25, 0.3) is 6.08 Å². The fourth-order valence-electron chi connectivity index (χ4n) is 3.27. The third-order valence-corrected chi connectivity index (χ3v) is 4.76. The van der Waals surface area contributed by atoms with Crippen LogP contribution in [0.4, 0.5) is 16.0 Å². The number of hydrogen-bond acceptors (Lipinski definition) is 4. The van der Waals surface area contributed by atoms with Gasteiger partial charge >= 0.3 is 11.4 Å². The summed E-state index contributed by atoms with van der Waals surface area (Å²) in [5, 5.41) is 3.10. The van der Waals surface area contributed by atoms with Gasteiger partial charge in [-0.1, -0.05) is 30.4 Å². The van der Waals surface area contributed by atoms with Crippen molar-refractivity contribution in [1.29, 1.82) is 0 Å². The molecule has 0 spiro atoms. The molecule has 0 atom stereocenters. The molecule has 2 aromatic carbocycles. The van der Waals surface area contributed by atoms with E-state index >= 15 is 0 Å². The van der Waals surface area contributed by atoms with E-state index in [-0.39, 0.29) is 24.9 Å². The van der Waals surface area contributed by atoms with Crippen molar-refractivity contribution in [2.45, 2.75) is 26.4 Å². The minimum Gasteiger partial charge on any atom is -0.325 e. The highest BCUT2D eigenvalue weighted by molar-refractivity contribution is 5.67. The van der Waals surface area contributed by atoms with E-state index in [9.17, 15) is 14.0 Å². The SMILES string of the molecule is CCn1c(=O)nc(Nc2ccc3c(c2)C=CC3)n(Cc2ccc(F)cc2)c1=O. The van der Waals surface area contributed by atoms with Crippen LogP contribution in [0.5, 0.6) is 0 Å². The van der Waals surface area contributed by atoms with Gasteiger partial charge in [-0.25, -0.2) is 18.5 Å². The van der Waals surface area contributed by atoms with Crippen molar-refractivity contribution in [3.05, 3.63) is 92.0 Å². The van der Waals surface area contributed by atoms with Crippen molar-refractivity contribution in [2.75, 3.05) is 5.32 Å². The Morgan fingerprint density at radius 1 is 1.11 bits per heavy atom. The van der Waals surface area contributed by atoms with Gasteiger partial charge in [0.1, 0.15) is 5.82 Å². The topological polar surface area (TPSA) is 68.9 Å². The molecule has 0 fully saturated rings. The Hall–Kier alpha value is -3.48. The average molecular weight is 378 g/mol. The number of anilines is 2. The standard InChI is InChI=1S/C21H19FN4O2/c1-2-25-20(27)24-19(23-18-11-8-15-4-3-5-16(15)12-18)26(21(25)28)13-14-6-9-17(22)10-7-14/h3,5-12H,2,4,13H2,1H3,(H,23,24,27). The zero-order valence-corrected chi connectivity index (χ0v) is 15.4. The second-order valence-corrected chi connectivity index (χ2v) is 6.60. The predicted molar refractivity (Wildman–Crippen MR) is 106 cm³/mol. The monoisotopic (exact) mass is 378 g/mol. The second-order valence-electron chi connectivity index (χ2n) is 6.60. The number of allylic oxidation sites excluding steroid dienone is 1. The molecule has 0 radical (unpaired) electrons. The highest BCUT2D eigenvalue weighted by Crippen LogP contribution is 2.24. The lowest BCUT2D eigenvalue weighted by Gasteiger charge is -2.15. The van der Waals surface area contributed by atoms with Crippen molar-refractivity contribution in [3.63, 3.8) is 0 Å². The summed E-state index contributed by atoms with van der Waals surface area (Å²) in [7, 11) is 0. The van der Waals surface area contributed by atoms with Crippen LogP contribution in [-0.2, 0) is 19.5 Å². The number of fused-ring (bicyclic) bond motifs is 1. The van der Waals surface area contributed by atoms with Gasteiger partial charge in [0.2, 0.25) is 5.95 Å². The Kier molecular flexibility index (Phi) is 4.65. The molecule has 7 heteroatoms. The van der Waals surface area contributed by atoms with E-state index in [1.807, 2.05) is 24.3 Å². The van der Waals surface area contributed by atoms with E-state index in [4.69, 9.17) is 0 Å². The molecule has 3 aromatic rings. The molecule has 0 saturated carbocycles. The summed E-state index contributed by atoms with van der Waals surface area (Å²) in [5.74, 6) is -0.191. The van der Waals surface area contributed by atoms with Gasteiger partial charge in [-0.05, 0) is 54.3 Å². The maximum Gasteiger partial charge on any atom is 0.354 e. The zero-order chi connectivity index (χ0) is 19.7. The van der Waals surface area contributed by atoms with Crippen LogP contribution < -0.4 is 16.7 Å². The summed E-state index contributed by atoms with van der Waals surface area (Å²) in [4.78, 5) is 29.2. The van der Waals surface area contributed by atoms with E-state index in [1.54, 1.807) is 19.1 Å². The Labute approximate surface area is 160 Å². The lowest BCUT2D eigenvalue weighted by molar-refractivity contribution is 0.575. The summed E-state index contributed by atoms with van der Waals surface area (Å²) in [6.07, 6.45) is 5.02. The Bertz CT molecular complexity index is 1180. The number of rotatable bonds is 5. The third-order valence-electron chi connectivity index (χ3n) is 4.76. The zero-order valence-electron chi connectivity index (χ0n) is 15.4. The van der Waals surface area contributed by atoms with Gasteiger partial charge in [0, 0.05) is 12.2 Å². The number of aromatic nitrogens is 3. The summed E-state index contributed by atoms with van der Waals surface area (Å²) < 4.78 is 15.7. The van der Waals surface area contributed by atoms with Crippen molar-refractivity contribution in [3.8, 4) is 0 Å². The highest BCUT2D eigenvalue weighted by atomic mass is 19.1. The molecule has 1 aliphatic rings. The fraction of sp³-hybridized carbons (Fsp3) is 0.190. The number of nitrogens with zero attached hydrogens (tertiary/aromatic N) is 3. The number of hydrogen-bond donors (Lipinski definition) is 1. The van der Waals surface area contributed by atoms with Crippen LogP contribution in [0.15, 0.2) is 58.1 Å². The highest BCUT2D eigenvalue weighted by Gasteiger charge is 2.14. The summed E-state index contributed by atoms with van der Waals surface area (Å²) in [6.45, 7) is 2.10. The first-order valence-corrected chi connectivity index (χ1v) is 9.08. The largest absolute Gasteiger partial charge is 0.354 e. The average Bonchev–Trinajstić information content (AvgIpc) is 3.14. The molecule has 1 aromatic heterocycles. The number of halogens is 1. The van der Waals surface area contributed by atoms with Crippen LogP contribution in [0.2, 0.25) is 0 Å². The minimum absolute atomic E-state index is 0.158. The quantitative estimate of drug-likeness (QED) is 0.741. The molecule has 1 N–H and O–H groups in total. The van der Waals surface area contributed by atoms with Gasteiger partial charge in [0.05, 0.1) is 6.54 Å². The van der Waals surface area contributed by atoms with Gasteiger partial charge < -0.3 is 5.32 Å². The first-order chi connectivity index (χ1) is 13.5. The normalized spacial score (nSPS) is 12.2. The van der Waals surface area contributed by atoms with Crippen molar-refractivity contribution in [2.24, 2.45) is 0 Å². The molecule has 0 unspecified atom stereocenters. The van der Waals surface area contributed by atoms with Crippen molar-refractivity contribution in [1.82, 2.24) is 14.1 Å². The van der Waals surface area contributed by atoms with E-state index in [1.165, 1.54) is 22.3 Å². The van der Waals surface area contributed by atoms with E-state index in [2.05, 4.69) is 16.4 Å². The Balaban J connectivity index is 1.77. The van der Waals surface area contributed by atoms with Gasteiger partial charge in [-0.3, -0.25) is 4.57 Å². The lowest BCUT2D eigenvalue weighted by Crippen LogP contribution is -2.42. The van der Waals surface area contributed by atoms with Crippen LogP contribution in [0.3, 0.4) is 0 Å². The van der Waals surface area contributed by atoms with Crippen LogP contribution in [0.1, 0.15) is 23.6 Å². The van der Waals surface area contributed by atoms with Gasteiger partial charge in [0.25, 0.3) is 0 Å². The van der Waals surface area contributed by atoms with Gasteiger partial charge in [-0.15, -0.1) is 0 Å². The van der Waals surface area contributed by atoms with E-state index in [0.29, 0.717) is 0 Å². The molecular weight excluding hydrogens is 359 g/mol. The molecular formula is C21H19FN4O2. The first kappa shape index (κ1) is 17.9. The van der Waals surface area contributed by atoms with Crippen molar-refractivity contribution < 1.29 is 4.39 Å². The fourth-order valence-corrected chi connectivity index (χ4v) is 3.27. The summed E-state index contributed by atoms with van der Waals surface area (Å²) >= 11 is 0. The number of nitrogens with one attached hydrogen (secondary N) is 1. The molecule has 142 valence electrons. The maximum atomic E-state index is 13.2. The number of benzene rings is 2. The molecule has 1 heterocycles. The molecule has 6 nitrogen and oxygen atoms in total. The molecule has 0 aliphatic heterocycles. The smallest absolute Gasteiger partial charge is 0.325 e. The van der Waals surface area contributed by atoms with E-state index < -0.39 is 11.4 Å². The first-order valence-electron chi connectivity index (χ1n) is 9.08. The van der Waals surface area contributed by atoms with Crippen LogP contribution in [-0.4, -0.2) is 14.1 Å². The molecule has 1 aliphatic carbocycles. The maximum absolute atomic E-state index is 13.2. The Morgan fingerprint density at radius 2 is 1.89 bits per heavy atom. The van der Waals surface area contributed by atoms with Crippen LogP contribution >= 0.6 is 0 Å². The Morgan fingerprint density at radius 3 is 2.64 bits per heavy atom. The molecule has 4 rings (SSSR count). The van der Waals surface area contributed by atoms with Crippen molar-refractivity contribution >= 4 is 17.7 Å². The predicted octanol–water partition coefficient (Wildman–Crippen LogP) is 2.93. The van der Waals surface area contributed by atoms with Crippen LogP contribution in [0, 0.1) is 5.82 Å². The van der Waals surface area contributed by atoms with E-state index in [0.717, 1.165) is 27.8 Å². The van der Waals surface area contributed by atoms with Gasteiger partial charge in [0.15, 0.2) is 0 Å². The molecule has 0 bridgehead atoms. The van der Waals surface area contributed by atoms with Gasteiger partial charge in [-0.2, -0.15) is 4.98 Å². The molecule has 28 heavy (non-hydrogen) atoms. The minimum atomic E-state index is -0.605. The summed E-state index contributed by atoms with van der Waals surface area (Å²) in [5.41, 5.74) is 2.72. The summed E-state index contributed by atoms with van der Waals surface area (Å²) in [6, 6.07) is 11.7. The second kappa shape index (κ2) is 7.26.